The molecule has 1 amide bonds. The van der Waals surface area contributed by atoms with Gasteiger partial charge >= 0.3 is 5.97 Å². The molecule has 1 atom stereocenters. The van der Waals surface area contributed by atoms with Crippen molar-refractivity contribution < 1.29 is 27.9 Å². The highest BCUT2D eigenvalue weighted by Crippen LogP contribution is 2.17. The number of nitrogens with one attached hydrogen (secondary N) is 1. The Morgan fingerprint density at radius 2 is 1.83 bits per heavy atom. The standard InChI is InChI=1S/C11H10F3NO3/c1-5(16)15-9(11(17)18)4-6-7(12)2-3-8(13)10(6)14/h2-3,9H,4H2,1H3,(H,15,16)(H,17,18). The molecule has 0 aliphatic heterocycles. The van der Waals surface area contributed by atoms with E-state index in [1.54, 1.807) is 0 Å². The van der Waals surface area contributed by atoms with Crippen LogP contribution < -0.4 is 5.32 Å². The number of hydrogen-bond donors (Lipinski definition) is 2. The quantitative estimate of drug-likeness (QED) is 0.801. The highest BCUT2D eigenvalue weighted by molar-refractivity contribution is 5.82. The Morgan fingerprint density at radius 3 is 2.33 bits per heavy atom. The minimum atomic E-state index is -1.52. The van der Waals surface area contributed by atoms with Crippen molar-refractivity contribution in [3.05, 3.63) is 35.1 Å². The van der Waals surface area contributed by atoms with Crippen molar-refractivity contribution >= 4 is 11.9 Å². The zero-order valence-electron chi connectivity index (χ0n) is 9.34. The van der Waals surface area contributed by atoms with Gasteiger partial charge in [-0.25, -0.2) is 18.0 Å². The molecule has 1 aromatic carbocycles. The molecule has 0 aliphatic rings. The Hall–Kier alpha value is -2.05. The van der Waals surface area contributed by atoms with Crippen LogP contribution in [-0.2, 0) is 16.0 Å². The van der Waals surface area contributed by atoms with Gasteiger partial charge in [0.05, 0.1) is 0 Å². The van der Waals surface area contributed by atoms with E-state index in [-0.39, 0.29) is 0 Å². The van der Waals surface area contributed by atoms with E-state index in [1.165, 1.54) is 0 Å². The van der Waals surface area contributed by atoms with Crippen molar-refractivity contribution in [2.24, 2.45) is 0 Å². The largest absolute Gasteiger partial charge is 0.480 e. The molecule has 0 aromatic heterocycles. The molecule has 0 radical (unpaired) electrons. The van der Waals surface area contributed by atoms with E-state index in [4.69, 9.17) is 5.11 Å². The van der Waals surface area contributed by atoms with Crippen LogP contribution >= 0.6 is 0 Å². The van der Waals surface area contributed by atoms with E-state index < -0.39 is 47.4 Å². The molecule has 0 aliphatic carbocycles. The molecule has 4 nitrogen and oxygen atoms in total. The third-order valence-corrected chi connectivity index (χ3v) is 2.22. The molecular weight excluding hydrogens is 251 g/mol. The Bertz CT molecular complexity index is 491. The Labute approximate surface area is 100 Å². The van der Waals surface area contributed by atoms with Crippen molar-refractivity contribution in [2.45, 2.75) is 19.4 Å². The van der Waals surface area contributed by atoms with Crippen LogP contribution in [-0.4, -0.2) is 23.0 Å². The van der Waals surface area contributed by atoms with E-state index in [2.05, 4.69) is 0 Å². The van der Waals surface area contributed by atoms with E-state index in [0.29, 0.717) is 12.1 Å². The van der Waals surface area contributed by atoms with Gasteiger partial charge in [0.2, 0.25) is 5.91 Å². The van der Waals surface area contributed by atoms with Gasteiger partial charge in [0.25, 0.3) is 0 Å². The maximum Gasteiger partial charge on any atom is 0.326 e. The van der Waals surface area contributed by atoms with Gasteiger partial charge in [-0.05, 0) is 12.1 Å². The molecular formula is C11H10F3NO3. The molecule has 1 aromatic rings. The number of carboxylic acid groups (broad SMARTS) is 1. The normalized spacial score (nSPS) is 12.0. The third-order valence-electron chi connectivity index (χ3n) is 2.22. The summed E-state index contributed by atoms with van der Waals surface area (Å²) in [5, 5.41) is 10.8. The average molecular weight is 261 g/mol. The topological polar surface area (TPSA) is 66.4 Å². The minimum absolute atomic E-state index is 0.600. The van der Waals surface area contributed by atoms with E-state index >= 15 is 0 Å². The Kier molecular flexibility index (Phi) is 4.30. The van der Waals surface area contributed by atoms with Gasteiger partial charge in [0.1, 0.15) is 11.9 Å². The van der Waals surface area contributed by atoms with Gasteiger partial charge in [-0.2, -0.15) is 0 Å². The summed E-state index contributed by atoms with van der Waals surface area (Å²) in [6.07, 6.45) is -0.676. The van der Waals surface area contributed by atoms with Crippen LogP contribution in [0.1, 0.15) is 12.5 Å². The smallest absolute Gasteiger partial charge is 0.326 e. The molecule has 98 valence electrons. The first-order valence-corrected chi connectivity index (χ1v) is 4.95. The van der Waals surface area contributed by atoms with E-state index in [0.717, 1.165) is 6.92 Å². The second kappa shape index (κ2) is 5.52. The SMILES string of the molecule is CC(=O)NC(Cc1c(F)ccc(F)c1F)C(=O)O. The summed E-state index contributed by atoms with van der Waals surface area (Å²) < 4.78 is 39.5. The summed E-state index contributed by atoms with van der Waals surface area (Å²) in [5.41, 5.74) is -0.712. The molecule has 0 fully saturated rings. The number of carbonyl (C=O) groups excluding carboxylic acids is 1. The number of carbonyl (C=O) groups is 2. The molecule has 1 unspecified atom stereocenters. The zero-order valence-corrected chi connectivity index (χ0v) is 9.34. The molecule has 0 spiro atoms. The first kappa shape index (κ1) is 14.0. The van der Waals surface area contributed by atoms with Crippen molar-refractivity contribution in [2.75, 3.05) is 0 Å². The zero-order chi connectivity index (χ0) is 13.9. The summed E-state index contributed by atoms with van der Waals surface area (Å²) in [6, 6.07) is -0.226. The van der Waals surface area contributed by atoms with Crippen molar-refractivity contribution in [3.8, 4) is 0 Å². The van der Waals surface area contributed by atoms with Crippen LogP contribution in [0.25, 0.3) is 0 Å². The van der Waals surface area contributed by atoms with Crippen LogP contribution in [0.5, 0.6) is 0 Å². The summed E-state index contributed by atoms with van der Waals surface area (Å²) in [5.74, 6) is -5.93. The first-order chi connectivity index (χ1) is 8.32. The Morgan fingerprint density at radius 1 is 1.28 bits per heavy atom. The lowest BCUT2D eigenvalue weighted by molar-refractivity contribution is -0.141. The van der Waals surface area contributed by atoms with E-state index in [1.807, 2.05) is 5.32 Å². The molecule has 1 rings (SSSR count). The van der Waals surface area contributed by atoms with Gasteiger partial charge in [-0.15, -0.1) is 0 Å². The Balaban J connectivity index is 3.04. The molecule has 7 heteroatoms. The molecule has 0 saturated heterocycles. The predicted molar refractivity (Wildman–Crippen MR) is 55.3 cm³/mol. The summed E-state index contributed by atoms with van der Waals surface area (Å²) in [6.45, 7) is 1.06. The van der Waals surface area contributed by atoms with Gasteiger partial charge < -0.3 is 10.4 Å². The maximum atomic E-state index is 13.3. The lowest BCUT2D eigenvalue weighted by Crippen LogP contribution is -2.41. The lowest BCUT2D eigenvalue weighted by Gasteiger charge is -2.14. The van der Waals surface area contributed by atoms with Gasteiger partial charge in [0, 0.05) is 18.9 Å². The second-order valence-electron chi connectivity index (χ2n) is 3.62. The molecule has 0 heterocycles. The number of carboxylic acids is 1. The first-order valence-electron chi connectivity index (χ1n) is 4.95. The van der Waals surface area contributed by atoms with E-state index in [9.17, 15) is 22.8 Å². The van der Waals surface area contributed by atoms with Crippen LogP contribution in [0.3, 0.4) is 0 Å². The third kappa shape index (κ3) is 3.22. The summed E-state index contributed by atoms with van der Waals surface area (Å²) in [7, 11) is 0. The minimum Gasteiger partial charge on any atom is -0.480 e. The average Bonchev–Trinajstić information content (AvgIpc) is 2.27. The molecule has 2 N–H and O–H groups in total. The highest BCUT2D eigenvalue weighted by atomic mass is 19.2. The van der Waals surface area contributed by atoms with Gasteiger partial charge in [-0.1, -0.05) is 0 Å². The van der Waals surface area contributed by atoms with Gasteiger partial charge in [0.15, 0.2) is 11.6 Å². The van der Waals surface area contributed by atoms with Crippen LogP contribution in [0.15, 0.2) is 12.1 Å². The van der Waals surface area contributed by atoms with Gasteiger partial charge in [-0.3, -0.25) is 4.79 Å². The lowest BCUT2D eigenvalue weighted by atomic mass is 10.0. The van der Waals surface area contributed by atoms with Crippen molar-refractivity contribution in [1.82, 2.24) is 5.32 Å². The second-order valence-corrected chi connectivity index (χ2v) is 3.62. The number of halogens is 3. The number of amides is 1. The fourth-order valence-electron chi connectivity index (χ4n) is 1.41. The summed E-state index contributed by atoms with van der Waals surface area (Å²) in [4.78, 5) is 21.5. The highest BCUT2D eigenvalue weighted by Gasteiger charge is 2.24. The van der Waals surface area contributed by atoms with Crippen LogP contribution in [0.2, 0.25) is 0 Å². The molecule has 0 bridgehead atoms. The number of rotatable bonds is 4. The van der Waals surface area contributed by atoms with Crippen molar-refractivity contribution in [1.29, 1.82) is 0 Å². The monoisotopic (exact) mass is 261 g/mol. The van der Waals surface area contributed by atoms with Crippen LogP contribution in [0.4, 0.5) is 13.2 Å². The fourth-order valence-corrected chi connectivity index (χ4v) is 1.41. The number of benzene rings is 1. The predicted octanol–water partition coefficient (Wildman–Crippen LogP) is 1.24. The summed E-state index contributed by atoms with van der Waals surface area (Å²) >= 11 is 0. The number of aliphatic carboxylic acids is 1. The molecule has 0 saturated carbocycles. The van der Waals surface area contributed by atoms with Crippen LogP contribution in [0, 0.1) is 17.5 Å². The maximum absolute atomic E-state index is 13.3. The number of hydrogen-bond acceptors (Lipinski definition) is 2. The van der Waals surface area contributed by atoms with Crippen molar-refractivity contribution in [3.63, 3.8) is 0 Å². The molecule has 18 heavy (non-hydrogen) atoms. The fraction of sp³-hybridized carbons (Fsp3) is 0.273.